The van der Waals surface area contributed by atoms with Gasteiger partial charge < -0.3 is 9.80 Å². The maximum atomic E-state index is 4.07. The molecule has 0 bridgehead atoms. The summed E-state index contributed by atoms with van der Waals surface area (Å²) in [6.45, 7) is 4.07. The fourth-order valence-electron chi connectivity index (χ4n) is 2.26. The Kier molecular flexibility index (Phi) is 1.75. The highest BCUT2D eigenvalue weighted by atomic mass is 15.4. The van der Waals surface area contributed by atoms with Crippen molar-refractivity contribution in [3.8, 4) is 0 Å². The third kappa shape index (κ3) is 1.07. The maximum Gasteiger partial charge on any atom is 0.105 e. The first kappa shape index (κ1) is 9.28. The van der Waals surface area contributed by atoms with Crippen LogP contribution in [0.3, 0.4) is 0 Å². The first-order chi connectivity index (χ1) is 7.68. The Balaban J connectivity index is 2.33. The molecule has 0 N–H and O–H groups in total. The number of fused-ring (bicyclic) bond motifs is 2. The highest BCUT2D eigenvalue weighted by Gasteiger charge is 2.24. The van der Waals surface area contributed by atoms with Crippen LogP contribution in [0.5, 0.6) is 0 Å². The second-order valence-corrected chi connectivity index (χ2v) is 4.22. The van der Waals surface area contributed by atoms with E-state index in [-0.39, 0.29) is 0 Å². The predicted octanol–water partition coefficient (Wildman–Crippen LogP) is 3.20. The Labute approximate surface area is 95.4 Å². The normalized spacial score (nSPS) is 14.8. The molecule has 0 amide bonds. The van der Waals surface area contributed by atoms with E-state index in [0.29, 0.717) is 0 Å². The van der Waals surface area contributed by atoms with Crippen LogP contribution in [0.4, 0.5) is 11.4 Å². The van der Waals surface area contributed by atoms with Gasteiger partial charge in [0.25, 0.3) is 0 Å². The molecule has 2 aromatic rings. The monoisotopic (exact) mass is 210 g/mol. The topological polar surface area (TPSA) is 6.48 Å². The number of nitrogens with zero attached hydrogens (tertiary/aromatic N) is 2. The number of benzene rings is 2. The fraction of sp³-hybridized carbons (Fsp3) is 0.143. The second kappa shape index (κ2) is 3.01. The smallest absolute Gasteiger partial charge is 0.105 e. The predicted molar refractivity (Wildman–Crippen MR) is 69.9 cm³/mol. The molecular weight excluding hydrogens is 196 g/mol. The van der Waals surface area contributed by atoms with Crippen LogP contribution >= 0.6 is 0 Å². The van der Waals surface area contributed by atoms with E-state index in [1.807, 2.05) is 0 Å². The molecule has 3 rings (SSSR count). The van der Waals surface area contributed by atoms with Crippen LogP contribution in [0.15, 0.2) is 48.8 Å². The van der Waals surface area contributed by atoms with Crippen molar-refractivity contribution in [2.24, 2.45) is 0 Å². The van der Waals surface area contributed by atoms with Gasteiger partial charge in [-0.3, -0.25) is 0 Å². The molecular formula is C14H14N2. The van der Waals surface area contributed by atoms with Crippen molar-refractivity contribution in [1.29, 1.82) is 0 Å². The molecule has 0 aromatic heterocycles. The minimum atomic E-state index is 1.02. The number of anilines is 2. The summed E-state index contributed by atoms with van der Waals surface area (Å²) in [4.78, 5) is 4.25. The van der Waals surface area contributed by atoms with Gasteiger partial charge in [0.1, 0.15) is 5.82 Å². The lowest BCUT2D eigenvalue weighted by molar-refractivity contribution is 1.06. The van der Waals surface area contributed by atoms with E-state index >= 15 is 0 Å². The van der Waals surface area contributed by atoms with Gasteiger partial charge in [0.2, 0.25) is 0 Å². The molecule has 2 nitrogen and oxygen atoms in total. The van der Waals surface area contributed by atoms with Gasteiger partial charge in [-0.05, 0) is 22.9 Å². The van der Waals surface area contributed by atoms with E-state index in [9.17, 15) is 0 Å². The minimum Gasteiger partial charge on any atom is -0.330 e. The van der Waals surface area contributed by atoms with Gasteiger partial charge in [-0.15, -0.1) is 0 Å². The lowest BCUT2D eigenvalue weighted by atomic mass is 10.1. The van der Waals surface area contributed by atoms with Gasteiger partial charge in [-0.2, -0.15) is 0 Å². The molecule has 0 atom stereocenters. The highest BCUT2D eigenvalue weighted by molar-refractivity contribution is 5.96. The van der Waals surface area contributed by atoms with E-state index in [1.54, 1.807) is 0 Å². The number of hydrogen-bond acceptors (Lipinski definition) is 2. The Bertz CT molecular complexity index is 536. The molecule has 1 heterocycles. The van der Waals surface area contributed by atoms with Gasteiger partial charge >= 0.3 is 0 Å². The highest BCUT2D eigenvalue weighted by Crippen LogP contribution is 2.41. The van der Waals surface area contributed by atoms with Crippen LogP contribution in [0.1, 0.15) is 0 Å². The van der Waals surface area contributed by atoms with Crippen molar-refractivity contribution in [3.05, 3.63) is 48.8 Å². The van der Waals surface area contributed by atoms with Crippen molar-refractivity contribution < 1.29 is 0 Å². The van der Waals surface area contributed by atoms with Crippen molar-refractivity contribution >= 4 is 22.1 Å². The SMILES string of the molecule is C=C1N(C)c2cc3ccccc3cc2N1C. The fourth-order valence-corrected chi connectivity index (χ4v) is 2.26. The van der Waals surface area contributed by atoms with Gasteiger partial charge in [-0.1, -0.05) is 30.8 Å². The van der Waals surface area contributed by atoms with Crippen molar-refractivity contribution in [3.63, 3.8) is 0 Å². The summed E-state index contributed by atoms with van der Waals surface area (Å²) in [5.41, 5.74) is 2.46. The van der Waals surface area contributed by atoms with Crippen LogP contribution in [0, 0.1) is 0 Å². The van der Waals surface area contributed by atoms with E-state index in [2.05, 4.69) is 66.9 Å². The molecule has 1 aliphatic heterocycles. The zero-order chi connectivity index (χ0) is 11.3. The summed E-state index contributed by atoms with van der Waals surface area (Å²) in [6, 6.07) is 12.9. The average Bonchev–Trinajstić information content (AvgIpc) is 2.52. The quantitative estimate of drug-likeness (QED) is 0.659. The van der Waals surface area contributed by atoms with Crippen LogP contribution in [0.25, 0.3) is 10.8 Å². The van der Waals surface area contributed by atoms with Crippen LogP contribution in [-0.4, -0.2) is 14.1 Å². The van der Waals surface area contributed by atoms with E-state index in [4.69, 9.17) is 0 Å². The third-order valence-corrected chi connectivity index (χ3v) is 3.34. The summed E-state index contributed by atoms with van der Waals surface area (Å²) in [5, 5.41) is 2.55. The summed E-state index contributed by atoms with van der Waals surface area (Å²) in [6.07, 6.45) is 0. The lowest BCUT2D eigenvalue weighted by Gasteiger charge is -2.15. The molecule has 0 saturated carbocycles. The summed E-state index contributed by atoms with van der Waals surface area (Å²) in [7, 11) is 4.11. The third-order valence-electron chi connectivity index (χ3n) is 3.34. The Morgan fingerprint density at radius 2 is 1.31 bits per heavy atom. The Hall–Kier alpha value is -1.96. The zero-order valence-electron chi connectivity index (χ0n) is 9.57. The Morgan fingerprint density at radius 3 is 1.75 bits per heavy atom. The molecule has 1 aliphatic rings. The van der Waals surface area contributed by atoms with Crippen LogP contribution < -0.4 is 9.80 Å². The minimum absolute atomic E-state index is 1.02. The van der Waals surface area contributed by atoms with Crippen LogP contribution in [-0.2, 0) is 0 Å². The molecule has 0 fully saturated rings. The van der Waals surface area contributed by atoms with Crippen molar-refractivity contribution in [2.45, 2.75) is 0 Å². The standard InChI is InChI=1S/C14H14N2/c1-10-15(2)13-8-11-6-4-5-7-12(11)9-14(13)16(10)3/h4-9H,1H2,2-3H3. The molecule has 0 saturated heterocycles. The molecule has 0 unspecified atom stereocenters. The zero-order valence-corrected chi connectivity index (χ0v) is 9.57. The average molecular weight is 210 g/mol. The molecule has 0 radical (unpaired) electrons. The van der Waals surface area contributed by atoms with Gasteiger partial charge in [0, 0.05) is 14.1 Å². The van der Waals surface area contributed by atoms with E-state index < -0.39 is 0 Å². The Morgan fingerprint density at radius 1 is 0.875 bits per heavy atom. The first-order valence-electron chi connectivity index (χ1n) is 5.37. The van der Waals surface area contributed by atoms with Gasteiger partial charge in [0.15, 0.2) is 0 Å². The van der Waals surface area contributed by atoms with Crippen molar-refractivity contribution in [1.82, 2.24) is 0 Å². The molecule has 2 heteroatoms. The molecule has 0 spiro atoms. The largest absolute Gasteiger partial charge is 0.330 e. The first-order valence-corrected chi connectivity index (χ1v) is 5.37. The maximum absolute atomic E-state index is 4.07. The summed E-state index contributed by atoms with van der Waals surface area (Å²) in [5.74, 6) is 1.02. The van der Waals surface area contributed by atoms with Gasteiger partial charge in [0.05, 0.1) is 11.4 Å². The molecule has 16 heavy (non-hydrogen) atoms. The summed E-state index contributed by atoms with van der Waals surface area (Å²) < 4.78 is 0. The summed E-state index contributed by atoms with van der Waals surface area (Å²) >= 11 is 0. The number of hydrogen-bond donors (Lipinski definition) is 0. The van der Waals surface area contributed by atoms with E-state index in [0.717, 1.165) is 5.82 Å². The second-order valence-electron chi connectivity index (χ2n) is 4.22. The molecule has 80 valence electrons. The van der Waals surface area contributed by atoms with Crippen molar-refractivity contribution in [2.75, 3.05) is 23.9 Å². The number of rotatable bonds is 0. The van der Waals surface area contributed by atoms with Crippen LogP contribution in [0.2, 0.25) is 0 Å². The lowest BCUT2D eigenvalue weighted by Crippen LogP contribution is -2.20. The van der Waals surface area contributed by atoms with Gasteiger partial charge in [-0.25, -0.2) is 0 Å². The molecule has 0 aliphatic carbocycles. The molecule has 2 aromatic carbocycles. The van der Waals surface area contributed by atoms with E-state index in [1.165, 1.54) is 22.1 Å².